The maximum Gasteiger partial charge on any atom is 0.281 e. The Labute approximate surface area is 193 Å². The normalized spacial score (nSPS) is 11.6. The average molecular weight is 455 g/mol. The molecule has 34 heavy (non-hydrogen) atoms. The molecule has 0 N–H and O–H groups in total. The summed E-state index contributed by atoms with van der Waals surface area (Å²) >= 11 is 0. The summed E-state index contributed by atoms with van der Waals surface area (Å²) in [6.07, 6.45) is 6.57. The van der Waals surface area contributed by atoms with E-state index < -0.39 is 5.82 Å². The minimum absolute atomic E-state index is 0.113. The van der Waals surface area contributed by atoms with Crippen LogP contribution >= 0.6 is 0 Å². The lowest BCUT2D eigenvalue weighted by Gasteiger charge is -2.07. The molecule has 0 aliphatic rings. The molecule has 4 heterocycles. The third-order valence-corrected chi connectivity index (χ3v) is 4.87. The summed E-state index contributed by atoms with van der Waals surface area (Å²) in [6, 6.07) is 11.6. The highest BCUT2D eigenvalue weighted by atomic mass is 19.1. The number of aromatic nitrogens is 9. The Morgan fingerprint density at radius 1 is 1.18 bits per heavy atom. The van der Waals surface area contributed by atoms with Gasteiger partial charge in [0.15, 0.2) is 5.69 Å². The van der Waals surface area contributed by atoms with Crippen LogP contribution < -0.4 is 0 Å². The van der Waals surface area contributed by atoms with E-state index in [1.165, 1.54) is 17.1 Å². The number of nitrogens with zero attached hydrogens (tertiary/aromatic N) is 9. The number of hydrogen-bond donors (Lipinski definition) is 0. The molecule has 0 radical (unpaired) electrons. The van der Waals surface area contributed by atoms with Crippen molar-refractivity contribution < 1.29 is 8.91 Å². The lowest BCUT2D eigenvalue weighted by molar-refractivity contribution is 0.427. The molecule has 0 unspecified atom stereocenters. The van der Waals surface area contributed by atoms with Gasteiger partial charge < -0.3 is 4.52 Å². The molecule has 1 aromatic carbocycles. The van der Waals surface area contributed by atoms with Crippen LogP contribution in [0.4, 0.5) is 4.39 Å². The fourth-order valence-electron chi connectivity index (χ4n) is 3.38. The van der Waals surface area contributed by atoms with Gasteiger partial charge in [-0.3, -0.25) is 4.98 Å². The highest BCUT2D eigenvalue weighted by molar-refractivity contribution is 5.74. The zero-order valence-electron chi connectivity index (χ0n) is 18.1. The molecular formula is C23H18FN9O. The Morgan fingerprint density at radius 2 is 2.03 bits per heavy atom. The Morgan fingerprint density at radius 3 is 2.79 bits per heavy atom. The molecule has 11 heteroatoms. The van der Waals surface area contributed by atoms with Crippen molar-refractivity contribution in [3.8, 4) is 28.7 Å². The van der Waals surface area contributed by atoms with Crippen LogP contribution in [0.15, 0.2) is 84.1 Å². The van der Waals surface area contributed by atoms with Crippen molar-refractivity contribution in [2.45, 2.75) is 13.5 Å². The van der Waals surface area contributed by atoms with Crippen LogP contribution in [0, 0.1) is 5.82 Å². The van der Waals surface area contributed by atoms with E-state index in [2.05, 4.69) is 42.1 Å². The number of benzene rings is 1. The Hall–Kier alpha value is -4.80. The van der Waals surface area contributed by atoms with Crippen molar-refractivity contribution in [2.24, 2.45) is 0 Å². The van der Waals surface area contributed by atoms with Crippen LogP contribution in [0.5, 0.6) is 0 Å². The number of pyridine rings is 1. The molecule has 5 aromatic rings. The molecular weight excluding hydrogens is 437 g/mol. The summed E-state index contributed by atoms with van der Waals surface area (Å²) < 4.78 is 23.1. The molecule has 0 atom stereocenters. The summed E-state index contributed by atoms with van der Waals surface area (Å²) in [5.74, 6) is -0.0502. The Bertz CT molecular complexity index is 1470. The molecule has 10 nitrogen and oxygen atoms in total. The van der Waals surface area contributed by atoms with E-state index in [-0.39, 0.29) is 17.3 Å². The smallest absolute Gasteiger partial charge is 0.281 e. The van der Waals surface area contributed by atoms with E-state index in [1.807, 2.05) is 19.1 Å². The third kappa shape index (κ3) is 4.13. The molecule has 0 saturated carbocycles. The maximum absolute atomic E-state index is 14.6. The van der Waals surface area contributed by atoms with Gasteiger partial charge in [0.2, 0.25) is 5.82 Å². The second-order valence-electron chi connectivity index (χ2n) is 7.40. The Kier molecular flexibility index (Phi) is 5.56. The minimum Gasteiger partial charge on any atom is -0.332 e. The van der Waals surface area contributed by atoms with Gasteiger partial charge in [-0.05, 0) is 31.2 Å². The van der Waals surface area contributed by atoms with E-state index >= 15 is 0 Å². The van der Waals surface area contributed by atoms with Gasteiger partial charge in [0.05, 0.1) is 12.2 Å². The molecule has 0 fully saturated rings. The monoisotopic (exact) mass is 455 g/mol. The summed E-state index contributed by atoms with van der Waals surface area (Å²) in [5.41, 5.74) is 2.96. The predicted octanol–water partition coefficient (Wildman–Crippen LogP) is 3.77. The average Bonchev–Trinajstić information content (AvgIpc) is 3.60. The van der Waals surface area contributed by atoms with E-state index in [0.29, 0.717) is 29.3 Å². The SMILES string of the molecule is C=C(/C=C(\C)Cn1cncn1)c1noc(-c2nnn(-c3ccccc3F)c2-c2ccccn2)n1. The van der Waals surface area contributed by atoms with Gasteiger partial charge in [-0.1, -0.05) is 46.8 Å². The van der Waals surface area contributed by atoms with Crippen molar-refractivity contribution >= 4 is 5.57 Å². The zero-order chi connectivity index (χ0) is 23.5. The largest absolute Gasteiger partial charge is 0.332 e. The van der Waals surface area contributed by atoms with Gasteiger partial charge in [0.1, 0.15) is 29.9 Å². The molecule has 0 aliphatic heterocycles. The highest BCUT2D eigenvalue weighted by Gasteiger charge is 2.25. The summed E-state index contributed by atoms with van der Waals surface area (Å²) in [7, 11) is 0. The van der Waals surface area contributed by atoms with Crippen LogP contribution in [0.3, 0.4) is 0 Å². The van der Waals surface area contributed by atoms with Gasteiger partial charge in [-0.25, -0.2) is 18.7 Å². The molecule has 0 saturated heterocycles. The van der Waals surface area contributed by atoms with Gasteiger partial charge in [-0.15, -0.1) is 5.10 Å². The summed E-state index contributed by atoms with van der Waals surface area (Å²) in [6.45, 7) is 6.52. The van der Waals surface area contributed by atoms with Gasteiger partial charge in [0, 0.05) is 11.8 Å². The first-order chi connectivity index (χ1) is 16.6. The van der Waals surface area contributed by atoms with Gasteiger partial charge in [0.25, 0.3) is 5.89 Å². The molecule has 4 aromatic heterocycles. The van der Waals surface area contributed by atoms with Crippen LogP contribution in [0.1, 0.15) is 12.7 Å². The summed E-state index contributed by atoms with van der Waals surface area (Å²) in [4.78, 5) is 12.8. The fraction of sp³-hybridized carbons (Fsp3) is 0.0870. The quantitative estimate of drug-likeness (QED) is 0.341. The van der Waals surface area contributed by atoms with E-state index in [0.717, 1.165) is 5.57 Å². The number of hydrogen-bond acceptors (Lipinski definition) is 8. The lowest BCUT2D eigenvalue weighted by Crippen LogP contribution is -2.03. The maximum atomic E-state index is 14.6. The van der Waals surface area contributed by atoms with Crippen LogP contribution in [-0.2, 0) is 6.54 Å². The van der Waals surface area contributed by atoms with Crippen molar-refractivity contribution in [1.29, 1.82) is 0 Å². The topological polar surface area (TPSA) is 113 Å². The van der Waals surface area contributed by atoms with Crippen molar-refractivity contribution in [3.05, 3.63) is 91.2 Å². The minimum atomic E-state index is -0.455. The lowest BCUT2D eigenvalue weighted by atomic mass is 10.2. The standard InChI is InChI=1S/C23H18FN9O/c1-15(12-32-14-25-13-27-32)11-16(2)22-28-23(34-30-22)20-21(18-8-5-6-10-26-18)33(31-29-20)19-9-4-3-7-17(19)24/h3-11,13-14H,2,12H2,1H3/b15-11+. The predicted molar refractivity (Wildman–Crippen MR) is 121 cm³/mol. The highest BCUT2D eigenvalue weighted by Crippen LogP contribution is 2.31. The first kappa shape index (κ1) is 21.1. The van der Waals surface area contributed by atoms with E-state index in [1.54, 1.807) is 47.5 Å². The number of halogens is 1. The third-order valence-electron chi connectivity index (χ3n) is 4.87. The van der Waals surface area contributed by atoms with Crippen LogP contribution in [-0.4, -0.2) is 44.9 Å². The van der Waals surface area contributed by atoms with Crippen LogP contribution in [0.25, 0.3) is 34.2 Å². The molecule has 5 rings (SSSR count). The number of rotatable bonds is 7. The molecule has 0 aliphatic carbocycles. The van der Waals surface area contributed by atoms with Crippen LogP contribution in [0.2, 0.25) is 0 Å². The zero-order valence-corrected chi connectivity index (χ0v) is 18.1. The molecule has 0 bridgehead atoms. The summed E-state index contributed by atoms with van der Waals surface area (Å²) in [5, 5.41) is 16.5. The van der Waals surface area contributed by atoms with Gasteiger partial charge >= 0.3 is 0 Å². The van der Waals surface area contributed by atoms with Gasteiger partial charge in [-0.2, -0.15) is 10.1 Å². The Balaban J connectivity index is 1.52. The van der Waals surface area contributed by atoms with E-state index in [9.17, 15) is 4.39 Å². The molecule has 0 amide bonds. The second-order valence-corrected chi connectivity index (χ2v) is 7.40. The first-order valence-electron chi connectivity index (χ1n) is 10.2. The second kappa shape index (κ2) is 8.98. The fourth-order valence-corrected chi connectivity index (χ4v) is 3.38. The molecule has 168 valence electrons. The van der Waals surface area contributed by atoms with Crippen molar-refractivity contribution in [3.63, 3.8) is 0 Å². The number of para-hydroxylation sites is 1. The van der Waals surface area contributed by atoms with Crippen molar-refractivity contribution in [1.82, 2.24) is 44.9 Å². The van der Waals surface area contributed by atoms with E-state index in [4.69, 9.17) is 4.52 Å². The first-order valence-corrected chi connectivity index (χ1v) is 10.2. The molecule has 0 spiro atoms. The van der Waals surface area contributed by atoms with Crippen molar-refractivity contribution in [2.75, 3.05) is 0 Å². The number of allylic oxidation sites excluding steroid dienone is 3.